The van der Waals surface area contributed by atoms with E-state index in [1.165, 1.54) is 11.9 Å². The Kier molecular flexibility index (Phi) is 2.04. The number of benzene rings is 1. The standard InChI is InChI=1S/C12H11N5/c1-8-4-2-3-5-9(8)10-6-14-12-11(13)15-7-16-17(10)12/h2-7H,1H3,(H2,13,15,16). The van der Waals surface area contributed by atoms with Crippen LogP contribution in [0.1, 0.15) is 5.56 Å². The molecule has 0 bridgehead atoms. The first-order valence-electron chi connectivity index (χ1n) is 5.27. The first-order valence-corrected chi connectivity index (χ1v) is 5.27. The molecule has 2 N–H and O–H groups in total. The zero-order valence-corrected chi connectivity index (χ0v) is 9.33. The summed E-state index contributed by atoms with van der Waals surface area (Å²) in [4.78, 5) is 8.17. The molecule has 17 heavy (non-hydrogen) atoms. The van der Waals surface area contributed by atoms with E-state index >= 15 is 0 Å². The van der Waals surface area contributed by atoms with Gasteiger partial charge in [-0.15, -0.1) is 0 Å². The fourth-order valence-electron chi connectivity index (χ4n) is 1.88. The van der Waals surface area contributed by atoms with Crippen LogP contribution in [0.2, 0.25) is 0 Å². The highest BCUT2D eigenvalue weighted by molar-refractivity contribution is 5.70. The lowest BCUT2D eigenvalue weighted by Gasteiger charge is -2.04. The van der Waals surface area contributed by atoms with E-state index < -0.39 is 0 Å². The molecule has 0 aliphatic rings. The Bertz CT molecular complexity index is 686. The third kappa shape index (κ3) is 1.44. The van der Waals surface area contributed by atoms with Crippen molar-refractivity contribution in [2.45, 2.75) is 6.92 Å². The Balaban J connectivity index is 2.33. The highest BCUT2D eigenvalue weighted by Crippen LogP contribution is 2.24. The number of hydrogen-bond acceptors (Lipinski definition) is 4. The molecule has 3 aromatic rings. The minimum atomic E-state index is 0.389. The molecule has 0 spiro atoms. The average molecular weight is 225 g/mol. The molecule has 0 fully saturated rings. The van der Waals surface area contributed by atoms with Crippen LogP contribution < -0.4 is 5.73 Å². The second-order valence-corrected chi connectivity index (χ2v) is 3.84. The van der Waals surface area contributed by atoms with Crippen LogP contribution in [0.4, 0.5) is 5.82 Å². The van der Waals surface area contributed by atoms with Gasteiger partial charge in [0.2, 0.25) is 0 Å². The van der Waals surface area contributed by atoms with E-state index in [0.29, 0.717) is 11.5 Å². The lowest BCUT2D eigenvalue weighted by Crippen LogP contribution is -2.00. The number of imidazole rings is 1. The van der Waals surface area contributed by atoms with Crippen molar-refractivity contribution in [2.75, 3.05) is 5.73 Å². The summed E-state index contributed by atoms with van der Waals surface area (Å²) in [6.45, 7) is 2.05. The molecule has 3 rings (SSSR count). The molecule has 0 atom stereocenters. The Hall–Kier alpha value is -2.43. The van der Waals surface area contributed by atoms with Crippen LogP contribution in [0, 0.1) is 6.92 Å². The maximum absolute atomic E-state index is 5.75. The third-order valence-corrected chi connectivity index (χ3v) is 2.75. The summed E-state index contributed by atoms with van der Waals surface area (Å²) in [7, 11) is 0. The average Bonchev–Trinajstić information content (AvgIpc) is 2.75. The summed E-state index contributed by atoms with van der Waals surface area (Å²) in [5.74, 6) is 0.389. The lowest BCUT2D eigenvalue weighted by atomic mass is 10.1. The third-order valence-electron chi connectivity index (χ3n) is 2.75. The molecule has 0 saturated heterocycles. The lowest BCUT2D eigenvalue weighted by molar-refractivity contribution is 0.907. The largest absolute Gasteiger partial charge is 0.381 e. The fraction of sp³-hybridized carbons (Fsp3) is 0.0833. The van der Waals surface area contributed by atoms with Crippen molar-refractivity contribution < 1.29 is 0 Å². The van der Waals surface area contributed by atoms with Gasteiger partial charge in [0.15, 0.2) is 11.5 Å². The molecule has 1 aromatic carbocycles. The van der Waals surface area contributed by atoms with Gasteiger partial charge < -0.3 is 5.73 Å². The molecule has 0 saturated carbocycles. The Morgan fingerprint density at radius 3 is 2.82 bits per heavy atom. The molecular formula is C12H11N5. The number of aryl methyl sites for hydroxylation is 1. The number of nitrogens with zero attached hydrogens (tertiary/aromatic N) is 4. The predicted molar refractivity (Wildman–Crippen MR) is 65.4 cm³/mol. The van der Waals surface area contributed by atoms with Gasteiger partial charge in [-0.25, -0.2) is 14.5 Å². The van der Waals surface area contributed by atoms with Crippen molar-refractivity contribution in [2.24, 2.45) is 0 Å². The summed E-state index contributed by atoms with van der Waals surface area (Å²) >= 11 is 0. The van der Waals surface area contributed by atoms with Crippen LogP contribution in [0.25, 0.3) is 16.9 Å². The number of anilines is 1. The monoisotopic (exact) mass is 225 g/mol. The van der Waals surface area contributed by atoms with Crippen molar-refractivity contribution in [1.29, 1.82) is 0 Å². The zero-order chi connectivity index (χ0) is 11.8. The highest BCUT2D eigenvalue weighted by atomic mass is 15.3. The van der Waals surface area contributed by atoms with Gasteiger partial charge in [0.25, 0.3) is 0 Å². The fourth-order valence-corrected chi connectivity index (χ4v) is 1.88. The smallest absolute Gasteiger partial charge is 0.197 e. The SMILES string of the molecule is Cc1ccccc1-c1cnc2c(N)ncnn12. The van der Waals surface area contributed by atoms with Crippen LogP contribution in [-0.4, -0.2) is 19.6 Å². The quantitative estimate of drug-likeness (QED) is 0.684. The number of nitrogens with two attached hydrogens (primary N) is 1. The number of nitrogen functional groups attached to an aromatic ring is 1. The van der Waals surface area contributed by atoms with Gasteiger partial charge in [-0.1, -0.05) is 24.3 Å². The number of rotatable bonds is 1. The molecule has 2 heterocycles. The Labute approximate surface area is 97.9 Å². The van der Waals surface area contributed by atoms with E-state index in [0.717, 1.165) is 11.3 Å². The predicted octanol–water partition coefficient (Wildman–Crippen LogP) is 1.68. The topological polar surface area (TPSA) is 69.1 Å². The van der Waals surface area contributed by atoms with Gasteiger partial charge in [0.05, 0.1) is 11.9 Å². The van der Waals surface area contributed by atoms with Crippen LogP contribution >= 0.6 is 0 Å². The summed E-state index contributed by atoms with van der Waals surface area (Å²) in [6.07, 6.45) is 3.20. The molecule has 2 aromatic heterocycles. The first-order chi connectivity index (χ1) is 8.27. The van der Waals surface area contributed by atoms with Crippen LogP contribution in [0.3, 0.4) is 0 Å². The van der Waals surface area contributed by atoms with Crippen molar-refractivity contribution in [3.05, 3.63) is 42.4 Å². The van der Waals surface area contributed by atoms with E-state index in [-0.39, 0.29) is 0 Å². The van der Waals surface area contributed by atoms with Crippen molar-refractivity contribution >= 4 is 11.5 Å². The summed E-state index contributed by atoms with van der Waals surface area (Å²) < 4.78 is 1.71. The molecule has 0 aliphatic heterocycles. The molecule has 0 amide bonds. The van der Waals surface area contributed by atoms with Gasteiger partial charge in [-0.05, 0) is 12.5 Å². The number of fused-ring (bicyclic) bond motifs is 1. The molecule has 84 valence electrons. The van der Waals surface area contributed by atoms with Crippen molar-refractivity contribution in [1.82, 2.24) is 19.6 Å². The maximum atomic E-state index is 5.75. The molecule has 5 heteroatoms. The highest BCUT2D eigenvalue weighted by Gasteiger charge is 2.10. The van der Waals surface area contributed by atoms with Gasteiger partial charge in [-0.3, -0.25) is 0 Å². The molecular weight excluding hydrogens is 214 g/mol. The van der Waals surface area contributed by atoms with Crippen LogP contribution in [-0.2, 0) is 0 Å². The van der Waals surface area contributed by atoms with E-state index in [4.69, 9.17) is 5.73 Å². The van der Waals surface area contributed by atoms with Crippen molar-refractivity contribution in [3.63, 3.8) is 0 Å². The van der Waals surface area contributed by atoms with Crippen LogP contribution in [0.15, 0.2) is 36.8 Å². The Morgan fingerprint density at radius 2 is 2.00 bits per heavy atom. The Morgan fingerprint density at radius 1 is 1.18 bits per heavy atom. The van der Waals surface area contributed by atoms with E-state index in [2.05, 4.69) is 28.1 Å². The van der Waals surface area contributed by atoms with E-state index in [1.807, 2.05) is 18.2 Å². The van der Waals surface area contributed by atoms with Gasteiger partial charge in [0.1, 0.15) is 6.33 Å². The van der Waals surface area contributed by atoms with Crippen molar-refractivity contribution in [3.8, 4) is 11.3 Å². The number of hydrogen-bond donors (Lipinski definition) is 1. The second-order valence-electron chi connectivity index (χ2n) is 3.84. The van der Waals surface area contributed by atoms with Gasteiger partial charge in [0, 0.05) is 5.56 Å². The van der Waals surface area contributed by atoms with E-state index in [1.54, 1.807) is 10.7 Å². The maximum Gasteiger partial charge on any atom is 0.197 e. The summed E-state index contributed by atoms with van der Waals surface area (Å²) in [5, 5.41) is 4.18. The number of aromatic nitrogens is 4. The summed E-state index contributed by atoms with van der Waals surface area (Å²) in [6, 6.07) is 8.09. The second kappa shape index (κ2) is 3.55. The normalized spacial score (nSPS) is 10.9. The minimum Gasteiger partial charge on any atom is -0.381 e. The molecule has 0 aliphatic carbocycles. The minimum absolute atomic E-state index is 0.389. The molecule has 0 radical (unpaired) electrons. The van der Waals surface area contributed by atoms with E-state index in [9.17, 15) is 0 Å². The molecule has 5 nitrogen and oxygen atoms in total. The van der Waals surface area contributed by atoms with Gasteiger partial charge >= 0.3 is 0 Å². The molecule has 0 unspecified atom stereocenters. The first kappa shape index (κ1) is 9.77. The zero-order valence-electron chi connectivity index (χ0n) is 9.33. The van der Waals surface area contributed by atoms with Gasteiger partial charge in [-0.2, -0.15) is 5.10 Å². The summed E-state index contributed by atoms with van der Waals surface area (Å²) in [5.41, 5.74) is 9.53. The van der Waals surface area contributed by atoms with Crippen LogP contribution in [0.5, 0.6) is 0 Å².